The van der Waals surface area contributed by atoms with E-state index in [0.29, 0.717) is 6.42 Å². The van der Waals surface area contributed by atoms with Crippen LogP contribution < -0.4 is 0 Å². The number of rotatable bonds is 22. The lowest BCUT2D eigenvalue weighted by Gasteiger charge is -2.32. The van der Waals surface area contributed by atoms with Crippen LogP contribution in [0.2, 0.25) is 0 Å². The second-order valence-electron chi connectivity index (χ2n) is 8.52. The Hall–Kier alpha value is -0.150. The highest BCUT2D eigenvalue weighted by molar-refractivity contribution is 9.09. The van der Waals surface area contributed by atoms with Gasteiger partial charge in [-0.2, -0.15) is 0 Å². The van der Waals surface area contributed by atoms with Gasteiger partial charge in [0.1, 0.15) is 35.8 Å². The molecule has 6 nitrogen and oxygen atoms in total. The van der Waals surface area contributed by atoms with Gasteiger partial charge in [0.15, 0.2) is 0 Å². The minimum atomic E-state index is -0.758. The lowest BCUT2D eigenvalue weighted by atomic mass is 9.84. The van der Waals surface area contributed by atoms with E-state index >= 15 is 0 Å². The number of carbonyl (C=O) groups excluding carboxylic acids is 3. The molecule has 0 amide bonds. The van der Waals surface area contributed by atoms with Crippen LogP contribution in [0.4, 0.5) is 0 Å². The summed E-state index contributed by atoms with van der Waals surface area (Å²) in [5, 5.41) is 0.220. The minimum absolute atomic E-state index is 0.0284. The van der Waals surface area contributed by atoms with E-state index in [1.165, 1.54) is 57.8 Å². The molecule has 0 unspecified atom stereocenters. The molecule has 194 valence electrons. The van der Waals surface area contributed by atoms with Crippen molar-refractivity contribution in [2.24, 2.45) is 5.41 Å². The maximum atomic E-state index is 11.7. The Morgan fingerprint density at radius 3 is 1.15 bits per heavy atom. The van der Waals surface area contributed by atoms with Crippen molar-refractivity contribution in [2.75, 3.05) is 35.8 Å². The molecule has 0 spiro atoms. The van der Waals surface area contributed by atoms with Gasteiger partial charge in [-0.3, -0.25) is 14.4 Å². The van der Waals surface area contributed by atoms with Gasteiger partial charge in [0, 0.05) is 0 Å². The highest BCUT2D eigenvalue weighted by atomic mass is 79.9. The first-order chi connectivity index (χ1) is 15.9. The Bertz CT molecular complexity index is 480. The fourth-order valence-corrected chi connectivity index (χ4v) is 3.98. The molecule has 0 aromatic heterocycles. The monoisotopic (exact) mass is 662 g/mol. The third-order valence-electron chi connectivity index (χ3n) is 5.51. The fourth-order valence-electron chi connectivity index (χ4n) is 3.50. The summed E-state index contributed by atoms with van der Waals surface area (Å²) in [5.74, 6) is -1.23. The summed E-state index contributed by atoms with van der Waals surface area (Å²) in [4.78, 5) is 35.2. The average molecular weight is 665 g/mol. The van der Waals surface area contributed by atoms with Gasteiger partial charge < -0.3 is 14.2 Å². The first kappa shape index (κ1) is 32.8. The summed E-state index contributed by atoms with van der Waals surface area (Å²) in [7, 11) is 0. The summed E-state index contributed by atoms with van der Waals surface area (Å²) in [5.41, 5.74) is -0.758. The Balaban J connectivity index is 4.57. The largest absolute Gasteiger partial charge is 0.464 e. The molecule has 0 fully saturated rings. The molecule has 0 aliphatic carbocycles. The Morgan fingerprint density at radius 2 is 0.848 bits per heavy atom. The lowest BCUT2D eigenvalue weighted by Crippen LogP contribution is -2.40. The minimum Gasteiger partial charge on any atom is -0.464 e. The molecule has 33 heavy (non-hydrogen) atoms. The summed E-state index contributed by atoms with van der Waals surface area (Å²) in [6.07, 6.45) is 15.5. The predicted molar refractivity (Wildman–Crippen MR) is 142 cm³/mol. The standard InChI is InChI=1S/C24H41Br3O6/c1-2-3-4-5-6-7-8-9-10-11-12-13-14-24(18-31-21(28)15-25,19-32-22(29)16-26)20-33-23(30)17-27/h2-20H2,1H3. The van der Waals surface area contributed by atoms with Gasteiger partial charge >= 0.3 is 17.9 Å². The topological polar surface area (TPSA) is 78.9 Å². The Morgan fingerprint density at radius 1 is 0.545 bits per heavy atom. The SMILES string of the molecule is CCCCCCCCCCCCCCC(COC(=O)CBr)(COC(=O)CBr)COC(=O)CBr. The van der Waals surface area contributed by atoms with Crippen molar-refractivity contribution in [2.45, 2.75) is 90.4 Å². The molecule has 0 saturated heterocycles. The third-order valence-corrected chi connectivity index (χ3v) is 6.88. The number of carbonyl (C=O) groups is 3. The van der Waals surface area contributed by atoms with E-state index in [4.69, 9.17) is 14.2 Å². The quantitative estimate of drug-likeness (QED) is 0.0544. The molecule has 0 saturated carbocycles. The van der Waals surface area contributed by atoms with Gasteiger partial charge in [0.2, 0.25) is 0 Å². The van der Waals surface area contributed by atoms with Crippen LogP contribution in [0.3, 0.4) is 0 Å². The van der Waals surface area contributed by atoms with Crippen LogP contribution in [-0.2, 0) is 28.6 Å². The number of hydrogen-bond acceptors (Lipinski definition) is 6. The maximum Gasteiger partial charge on any atom is 0.316 e. The smallest absolute Gasteiger partial charge is 0.316 e. The van der Waals surface area contributed by atoms with Gasteiger partial charge in [0.25, 0.3) is 0 Å². The molecule has 0 radical (unpaired) electrons. The zero-order valence-corrected chi connectivity index (χ0v) is 24.8. The Kier molecular flexibility index (Phi) is 22.2. The van der Waals surface area contributed by atoms with E-state index in [9.17, 15) is 14.4 Å². The molecular weight excluding hydrogens is 624 g/mol. The number of hydrogen-bond donors (Lipinski definition) is 0. The van der Waals surface area contributed by atoms with Gasteiger partial charge in [-0.25, -0.2) is 0 Å². The van der Waals surface area contributed by atoms with Crippen LogP contribution in [0.5, 0.6) is 0 Å². The average Bonchev–Trinajstić information content (AvgIpc) is 2.84. The maximum absolute atomic E-state index is 11.7. The van der Waals surface area contributed by atoms with E-state index < -0.39 is 23.3 Å². The molecule has 0 N–H and O–H groups in total. The molecule has 0 aliphatic heterocycles. The fraction of sp³-hybridized carbons (Fsp3) is 0.875. The third kappa shape index (κ3) is 18.8. The number of halogens is 3. The summed E-state index contributed by atoms with van der Waals surface area (Å²) in [6, 6.07) is 0. The first-order valence-electron chi connectivity index (χ1n) is 12.1. The Labute approximate surface area is 225 Å². The molecule has 0 bridgehead atoms. The highest BCUT2D eigenvalue weighted by Crippen LogP contribution is 2.28. The molecule has 0 aromatic carbocycles. The van der Waals surface area contributed by atoms with Crippen LogP contribution in [0.25, 0.3) is 0 Å². The van der Waals surface area contributed by atoms with Crippen molar-refractivity contribution in [1.82, 2.24) is 0 Å². The van der Waals surface area contributed by atoms with Gasteiger partial charge in [0.05, 0.1) is 5.41 Å². The van der Waals surface area contributed by atoms with Gasteiger partial charge in [-0.1, -0.05) is 132 Å². The van der Waals surface area contributed by atoms with Crippen LogP contribution >= 0.6 is 47.8 Å². The number of ether oxygens (including phenoxy) is 3. The van der Waals surface area contributed by atoms with Crippen LogP contribution in [-0.4, -0.2) is 53.7 Å². The normalized spacial score (nSPS) is 11.3. The zero-order chi connectivity index (χ0) is 24.8. The summed E-state index contributed by atoms with van der Waals surface area (Å²) in [6.45, 7) is 2.33. The van der Waals surface area contributed by atoms with E-state index in [0.717, 1.165) is 19.3 Å². The number of esters is 3. The first-order valence-corrected chi connectivity index (χ1v) is 15.4. The molecule has 0 aromatic rings. The van der Waals surface area contributed by atoms with Crippen LogP contribution in [0.15, 0.2) is 0 Å². The summed E-state index contributed by atoms with van der Waals surface area (Å²) >= 11 is 9.26. The second kappa shape index (κ2) is 22.3. The highest BCUT2D eigenvalue weighted by Gasteiger charge is 2.35. The molecule has 0 rings (SSSR count). The van der Waals surface area contributed by atoms with E-state index in [-0.39, 0.29) is 35.8 Å². The van der Waals surface area contributed by atoms with E-state index in [1.807, 2.05) is 0 Å². The molecule has 0 heterocycles. The van der Waals surface area contributed by atoms with Gasteiger partial charge in [-0.15, -0.1) is 0 Å². The number of unbranched alkanes of at least 4 members (excludes halogenated alkanes) is 11. The summed E-state index contributed by atoms with van der Waals surface area (Å²) < 4.78 is 16.1. The molecule has 9 heteroatoms. The molecular formula is C24H41Br3O6. The van der Waals surface area contributed by atoms with Crippen LogP contribution in [0, 0.1) is 5.41 Å². The molecule has 0 atom stereocenters. The van der Waals surface area contributed by atoms with Crippen molar-refractivity contribution in [3.05, 3.63) is 0 Å². The lowest BCUT2D eigenvalue weighted by molar-refractivity contribution is -0.159. The van der Waals surface area contributed by atoms with E-state index in [2.05, 4.69) is 54.7 Å². The van der Waals surface area contributed by atoms with Crippen molar-refractivity contribution >= 4 is 65.7 Å². The predicted octanol–water partition coefficient (Wildman–Crippen LogP) is 6.88. The molecule has 0 aliphatic rings. The van der Waals surface area contributed by atoms with Crippen molar-refractivity contribution in [3.63, 3.8) is 0 Å². The van der Waals surface area contributed by atoms with Gasteiger partial charge in [-0.05, 0) is 6.42 Å². The van der Waals surface area contributed by atoms with Crippen molar-refractivity contribution in [1.29, 1.82) is 0 Å². The zero-order valence-electron chi connectivity index (χ0n) is 20.0. The van der Waals surface area contributed by atoms with Crippen molar-refractivity contribution < 1.29 is 28.6 Å². The van der Waals surface area contributed by atoms with E-state index in [1.54, 1.807) is 0 Å². The van der Waals surface area contributed by atoms with Crippen LogP contribution in [0.1, 0.15) is 90.4 Å². The number of alkyl halides is 3. The second-order valence-corrected chi connectivity index (χ2v) is 10.2. The van der Waals surface area contributed by atoms with Crippen molar-refractivity contribution in [3.8, 4) is 0 Å².